The number of hydrogen-bond donors (Lipinski definition) is 2. The first-order chi connectivity index (χ1) is 12.1. The SMILES string of the molecule is C=C1C(=O)O[C@@H]2[C@H]3O[C@]3(C)CCC=C(C)CC[C@@H]12.O=C(O)/C=C/C(=O)O. The molecule has 7 nitrogen and oxygen atoms in total. The van der Waals surface area contributed by atoms with Crippen LogP contribution in [0, 0.1) is 5.92 Å². The predicted octanol–water partition coefficient (Wildman–Crippen LogP) is 2.47. The van der Waals surface area contributed by atoms with E-state index < -0.39 is 11.9 Å². The van der Waals surface area contributed by atoms with Crippen molar-refractivity contribution in [3.05, 3.63) is 36.0 Å². The number of carbonyl (C=O) groups excluding carboxylic acids is 1. The molecule has 0 radical (unpaired) electrons. The van der Waals surface area contributed by atoms with E-state index >= 15 is 0 Å². The Bertz CT molecular complexity index is 659. The van der Waals surface area contributed by atoms with Crippen molar-refractivity contribution in [3.63, 3.8) is 0 Å². The van der Waals surface area contributed by atoms with Gasteiger partial charge in [-0.25, -0.2) is 14.4 Å². The predicted molar refractivity (Wildman–Crippen MR) is 92.4 cm³/mol. The Morgan fingerprint density at radius 1 is 1.31 bits per heavy atom. The molecule has 2 fully saturated rings. The molecule has 0 spiro atoms. The zero-order chi connectivity index (χ0) is 19.5. The summed E-state index contributed by atoms with van der Waals surface area (Å²) < 4.78 is 11.3. The van der Waals surface area contributed by atoms with Crippen molar-refractivity contribution < 1.29 is 34.1 Å². The second-order valence-electron chi connectivity index (χ2n) is 6.99. The quantitative estimate of drug-likeness (QED) is 0.335. The lowest BCUT2D eigenvalue weighted by Crippen LogP contribution is -2.28. The van der Waals surface area contributed by atoms with E-state index in [1.165, 1.54) is 5.57 Å². The maximum Gasteiger partial charge on any atom is 0.334 e. The molecule has 2 saturated heterocycles. The van der Waals surface area contributed by atoms with Gasteiger partial charge in [0.05, 0.1) is 5.60 Å². The van der Waals surface area contributed by atoms with Crippen LogP contribution >= 0.6 is 0 Å². The van der Waals surface area contributed by atoms with E-state index in [4.69, 9.17) is 19.7 Å². The maximum atomic E-state index is 11.7. The highest BCUT2D eigenvalue weighted by Crippen LogP contribution is 2.49. The smallest absolute Gasteiger partial charge is 0.334 e. The van der Waals surface area contributed by atoms with Gasteiger partial charge in [-0.3, -0.25) is 0 Å². The molecule has 0 aromatic carbocycles. The van der Waals surface area contributed by atoms with Crippen molar-refractivity contribution in [3.8, 4) is 0 Å². The molecule has 0 unspecified atom stereocenters. The van der Waals surface area contributed by atoms with E-state index in [0.717, 1.165) is 25.7 Å². The number of carbonyl (C=O) groups is 3. The summed E-state index contributed by atoms with van der Waals surface area (Å²) in [7, 11) is 0. The Morgan fingerprint density at radius 2 is 1.92 bits per heavy atom. The normalized spacial score (nSPS) is 33.2. The van der Waals surface area contributed by atoms with Gasteiger partial charge in [-0.1, -0.05) is 18.2 Å². The van der Waals surface area contributed by atoms with Crippen molar-refractivity contribution >= 4 is 17.9 Å². The monoisotopic (exact) mass is 364 g/mol. The van der Waals surface area contributed by atoms with Crippen LogP contribution in [0.5, 0.6) is 0 Å². The first-order valence-corrected chi connectivity index (χ1v) is 8.51. The van der Waals surface area contributed by atoms with Gasteiger partial charge in [-0.2, -0.15) is 0 Å². The molecule has 2 heterocycles. The Labute approximate surface area is 152 Å². The summed E-state index contributed by atoms with van der Waals surface area (Å²) >= 11 is 0. The summed E-state index contributed by atoms with van der Waals surface area (Å²) in [4.78, 5) is 30.8. The van der Waals surface area contributed by atoms with Crippen LogP contribution in [0.2, 0.25) is 0 Å². The zero-order valence-corrected chi connectivity index (χ0v) is 14.9. The van der Waals surface area contributed by atoms with Gasteiger partial charge in [0.2, 0.25) is 0 Å². The lowest BCUT2D eigenvalue weighted by Gasteiger charge is -2.19. The summed E-state index contributed by atoms with van der Waals surface area (Å²) in [6.07, 6.45) is 7.37. The minimum Gasteiger partial charge on any atom is -0.478 e. The Morgan fingerprint density at radius 3 is 2.50 bits per heavy atom. The number of epoxide rings is 1. The molecule has 7 heteroatoms. The molecular weight excluding hydrogens is 340 g/mol. The molecule has 0 saturated carbocycles. The fourth-order valence-electron chi connectivity index (χ4n) is 3.35. The van der Waals surface area contributed by atoms with E-state index in [9.17, 15) is 14.4 Å². The Kier molecular flexibility index (Phi) is 6.02. The highest BCUT2D eigenvalue weighted by atomic mass is 16.6. The van der Waals surface area contributed by atoms with Crippen LogP contribution in [0.4, 0.5) is 0 Å². The number of carboxylic acids is 2. The van der Waals surface area contributed by atoms with Crippen molar-refractivity contribution in [1.82, 2.24) is 0 Å². The van der Waals surface area contributed by atoms with Crippen LogP contribution in [0.15, 0.2) is 36.0 Å². The number of allylic oxidation sites excluding steroid dienone is 2. The number of ether oxygens (including phenoxy) is 2. The first kappa shape index (κ1) is 19.9. The minimum absolute atomic E-state index is 0.0671. The molecule has 0 aromatic heterocycles. The van der Waals surface area contributed by atoms with Crippen molar-refractivity contribution in [1.29, 1.82) is 0 Å². The van der Waals surface area contributed by atoms with Gasteiger partial charge >= 0.3 is 17.9 Å². The summed E-state index contributed by atoms with van der Waals surface area (Å²) in [5, 5.41) is 15.6. The standard InChI is InChI=1S/C15H20O3.C4H4O4/c1-9-5-4-8-15(3)13(18-15)12-11(7-6-9)10(2)14(16)17-12;5-3(6)1-2-4(7)8/h5,11-13H,2,4,6-8H2,1,3H3;1-2H,(H,5,6)(H,7,8)/b;2-1+/t11-,12-,13+,15+;/m0./s1. The van der Waals surface area contributed by atoms with Gasteiger partial charge in [0, 0.05) is 23.6 Å². The molecule has 1 aliphatic carbocycles. The van der Waals surface area contributed by atoms with Crippen LogP contribution in [0.3, 0.4) is 0 Å². The molecule has 4 atom stereocenters. The van der Waals surface area contributed by atoms with Crippen LogP contribution in [-0.2, 0) is 23.9 Å². The number of rotatable bonds is 2. The van der Waals surface area contributed by atoms with E-state index in [1.807, 2.05) is 0 Å². The van der Waals surface area contributed by atoms with Gasteiger partial charge < -0.3 is 19.7 Å². The van der Waals surface area contributed by atoms with E-state index in [0.29, 0.717) is 17.7 Å². The lowest BCUT2D eigenvalue weighted by molar-refractivity contribution is -0.140. The molecule has 26 heavy (non-hydrogen) atoms. The number of fused-ring (bicyclic) bond motifs is 3. The van der Waals surface area contributed by atoms with E-state index in [2.05, 4.69) is 26.5 Å². The Hall–Kier alpha value is -2.41. The molecule has 0 bridgehead atoms. The third kappa shape index (κ3) is 4.82. The van der Waals surface area contributed by atoms with Crippen LogP contribution in [0.1, 0.15) is 39.5 Å². The number of carboxylic acid groups (broad SMARTS) is 2. The third-order valence-corrected chi connectivity index (χ3v) is 4.94. The van der Waals surface area contributed by atoms with E-state index in [1.54, 1.807) is 0 Å². The highest BCUT2D eigenvalue weighted by molar-refractivity contribution is 5.91. The van der Waals surface area contributed by atoms with Gasteiger partial charge in [0.15, 0.2) is 0 Å². The summed E-state index contributed by atoms with van der Waals surface area (Å²) in [6.45, 7) is 8.17. The zero-order valence-electron chi connectivity index (χ0n) is 14.9. The molecule has 142 valence electrons. The maximum absolute atomic E-state index is 11.7. The fourth-order valence-corrected chi connectivity index (χ4v) is 3.35. The van der Waals surface area contributed by atoms with Gasteiger partial charge in [-0.05, 0) is 39.5 Å². The van der Waals surface area contributed by atoms with Gasteiger partial charge in [0.1, 0.15) is 12.2 Å². The van der Waals surface area contributed by atoms with Crippen molar-refractivity contribution in [2.24, 2.45) is 5.92 Å². The molecule has 2 N–H and O–H groups in total. The molecule has 2 aliphatic heterocycles. The van der Waals surface area contributed by atoms with Gasteiger partial charge in [0.25, 0.3) is 0 Å². The molecule has 0 aromatic rings. The van der Waals surface area contributed by atoms with Crippen molar-refractivity contribution in [2.75, 3.05) is 0 Å². The average Bonchev–Trinajstić information content (AvgIpc) is 3.14. The summed E-state index contributed by atoms with van der Waals surface area (Å²) in [5.41, 5.74) is 1.91. The summed E-state index contributed by atoms with van der Waals surface area (Å²) in [5.74, 6) is -2.62. The first-order valence-electron chi connectivity index (χ1n) is 8.51. The van der Waals surface area contributed by atoms with E-state index in [-0.39, 0.29) is 29.7 Å². The van der Waals surface area contributed by atoms with Gasteiger partial charge in [-0.15, -0.1) is 0 Å². The number of hydrogen-bond acceptors (Lipinski definition) is 5. The highest BCUT2D eigenvalue weighted by Gasteiger charge is 2.61. The lowest BCUT2D eigenvalue weighted by atomic mass is 9.84. The van der Waals surface area contributed by atoms with Crippen LogP contribution in [-0.4, -0.2) is 45.9 Å². The average molecular weight is 364 g/mol. The minimum atomic E-state index is -1.26. The largest absolute Gasteiger partial charge is 0.478 e. The second-order valence-corrected chi connectivity index (χ2v) is 6.99. The third-order valence-electron chi connectivity index (χ3n) is 4.94. The molecule has 3 rings (SSSR count). The molecule has 3 aliphatic rings. The summed E-state index contributed by atoms with van der Waals surface area (Å²) in [6, 6.07) is 0. The molecular formula is C19H24O7. The second kappa shape index (κ2) is 7.86. The fraction of sp³-hybridized carbons (Fsp3) is 0.526. The van der Waals surface area contributed by atoms with Crippen molar-refractivity contribution in [2.45, 2.75) is 57.3 Å². The molecule has 0 amide bonds. The Balaban J connectivity index is 0.000000260. The van der Waals surface area contributed by atoms with Crippen LogP contribution < -0.4 is 0 Å². The number of esters is 1. The van der Waals surface area contributed by atoms with Crippen LogP contribution in [0.25, 0.3) is 0 Å². The number of aliphatic carboxylic acids is 2. The topological polar surface area (TPSA) is 113 Å².